The van der Waals surface area contributed by atoms with Crippen LogP contribution in [0.15, 0.2) is 35.5 Å². The van der Waals surface area contributed by atoms with E-state index in [0.29, 0.717) is 10.7 Å². The summed E-state index contributed by atoms with van der Waals surface area (Å²) in [7, 11) is 0. The molecule has 1 aromatic heterocycles. The summed E-state index contributed by atoms with van der Waals surface area (Å²) < 4.78 is 14.7. The summed E-state index contributed by atoms with van der Waals surface area (Å²) in [5, 5.41) is 5.10. The van der Waals surface area contributed by atoms with Crippen molar-refractivity contribution in [2.24, 2.45) is 11.8 Å². The van der Waals surface area contributed by atoms with Crippen molar-refractivity contribution in [1.82, 2.24) is 9.78 Å². The molecule has 1 aliphatic rings. The maximum absolute atomic E-state index is 11.4. The first-order valence-corrected chi connectivity index (χ1v) is 11.5. The van der Waals surface area contributed by atoms with E-state index in [0.717, 1.165) is 8.47 Å². The molecule has 3 rings (SSSR count). The third-order valence-corrected chi connectivity index (χ3v) is 7.16. The van der Waals surface area contributed by atoms with Gasteiger partial charge in [-0.3, -0.25) is 9.48 Å². The zero-order chi connectivity index (χ0) is 21.1. The zero-order valence-corrected chi connectivity index (χ0v) is 19.9. The van der Waals surface area contributed by atoms with E-state index in [2.05, 4.69) is 46.4 Å². The molecule has 0 N–H and O–H groups in total. The van der Waals surface area contributed by atoms with E-state index in [1.54, 1.807) is 18.2 Å². The van der Waals surface area contributed by atoms with Crippen LogP contribution in [-0.4, -0.2) is 33.9 Å². The van der Waals surface area contributed by atoms with E-state index in [-0.39, 0.29) is 42.0 Å². The van der Waals surface area contributed by atoms with Crippen LogP contribution in [0.1, 0.15) is 26.8 Å². The molecule has 29 heavy (non-hydrogen) atoms. The average molecular weight is 546 g/mol. The average Bonchev–Trinajstić information content (AvgIpc) is 3.09. The molecule has 1 aromatic carbocycles. The molecular formula is C20H21ClIN3O3S. The number of esters is 1. The van der Waals surface area contributed by atoms with Crippen LogP contribution in [0.2, 0.25) is 5.02 Å². The van der Waals surface area contributed by atoms with E-state index in [1.807, 2.05) is 17.1 Å². The highest BCUT2D eigenvalue weighted by Crippen LogP contribution is 2.46. The highest BCUT2D eigenvalue weighted by Gasteiger charge is 2.43. The van der Waals surface area contributed by atoms with E-state index < -0.39 is 0 Å². The number of thioether (sulfide) groups is 1. The molecule has 0 spiro atoms. The first-order chi connectivity index (χ1) is 13.8. The minimum atomic E-state index is -0.334. The van der Waals surface area contributed by atoms with E-state index >= 15 is 0 Å². The highest BCUT2D eigenvalue weighted by atomic mass is 127. The number of carbonyl (C=O) groups is 1. The number of nitrogens with zero attached hydrogens (tertiary/aromatic N) is 3. The van der Waals surface area contributed by atoms with Crippen LogP contribution in [0.3, 0.4) is 0 Å². The smallest absolute Gasteiger partial charge is 0.302 e. The fourth-order valence-electron chi connectivity index (χ4n) is 3.57. The lowest BCUT2D eigenvalue weighted by atomic mass is 9.84. The molecule has 9 heteroatoms. The number of aromatic nitrogens is 2. The van der Waals surface area contributed by atoms with Crippen LogP contribution in [0.5, 0.6) is 0 Å². The molecule has 154 valence electrons. The number of carbonyl (C=O) groups excluding carboxylic acids is 1. The molecule has 1 saturated heterocycles. The van der Waals surface area contributed by atoms with Gasteiger partial charge in [-0.1, -0.05) is 37.6 Å². The summed E-state index contributed by atoms with van der Waals surface area (Å²) in [6, 6.07) is 5.28. The van der Waals surface area contributed by atoms with Gasteiger partial charge in [0.05, 0.1) is 28.5 Å². The Morgan fingerprint density at radius 2 is 2.21 bits per heavy atom. The number of ether oxygens (including phenoxy) is 2. The molecule has 0 aliphatic carbocycles. The molecule has 2 aromatic rings. The van der Waals surface area contributed by atoms with Crippen molar-refractivity contribution in [3.05, 3.63) is 50.6 Å². The normalized spacial score (nSPS) is 26.7. The second-order valence-electron chi connectivity index (χ2n) is 7.03. The Morgan fingerprint density at radius 1 is 1.45 bits per heavy atom. The Labute approximate surface area is 193 Å². The minimum absolute atomic E-state index is 0.0564. The van der Waals surface area contributed by atoms with Gasteiger partial charge in [0, 0.05) is 34.9 Å². The van der Waals surface area contributed by atoms with Gasteiger partial charge < -0.3 is 9.47 Å². The second-order valence-corrected chi connectivity index (χ2v) is 9.86. The van der Waals surface area contributed by atoms with Gasteiger partial charge in [0.1, 0.15) is 12.0 Å². The van der Waals surface area contributed by atoms with E-state index in [1.165, 1.54) is 18.7 Å². The van der Waals surface area contributed by atoms with Crippen molar-refractivity contribution >= 4 is 57.6 Å². The SMILES string of the molecule is [C-]#[N+]c1ccc(Cl)cc1S[C@H]1OC(COC(C)=O)[C@H](C)[C@H](n2cc(I)cn2)C1C. The number of rotatable bonds is 5. The molecule has 0 saturated carbocycles. The summed E-state index contributed by atoms with van der Waals surface area (Å²) in [6.07, 6.45) is 3.56. The molecule has 2 unspecified atom stereocenters. The van der Waals surface area contributed by atoms with Crippen molar-refractivity contribution in [1.29, 1.82) is 0 Å². The predicted octanol–water partition coefficient (Wildman–Crippen LogP) is 5.59. The largest absolute Gasteiger partial charge is 0.463 e. The first kappa shape index (κ1) is 22.4. The molecule has 5 atom stereocenters. The second kappa shape index (κ2) is 9.69. The van der Waals surface area contributed by atoms with Crippen LogP contribution < -0.4 is 0 Å². The molecule has 6 nitrogen and oxygen atoms in total. The summed E-state index contributed by atoms with van der Waals surface area (Å²) in [6.45, 7) is 13.2. The van der Waals surface area contributed by atoms with Gasteiger partial charge in [-0.25, -0.2) is 4.85 Å². The van der Waals surface area contributed by atoms with Gasteiger partial charge >= 0.3 is 5.97 Å². The molecule has 0 amide bonds. The van der Waals surface area contributed by atoms with Crippen LogP contribution in [-0.2, 0) is 14.3 Å². The Bertz CT molecular complexity index is 932. The summed E-state index contributed by atoms with van der Waals surface area (Å²) in [5.41, 5.74) is 0.285. The molecule has 0 bridgehead atoms. The van der Waals surface area contributed by atoms with Crippen molar-refractivity contribution in [2.45, 2.75) is 43.2 Å². The van der Waals surface area contributed by atoms with Gasteiger partial charge in [-0.2, -0.15) is 5.10 Å². The fourth-order valence-corrected chi connectivity index (χ4v) is 5.47. The number of hydrogen-bond donors (Lipinski definition) is 0. The fraction of sp³-hybridized carbons (Fsp3) is 0.450. The quantitative estimate of drug-likeness (QED) is 0.279. The highest BCUT2D eigenvalue weighted by molar-refractivity contribution is 14.1. The topological polar surface area (TPSA) is 57.7 Å². The predicted molar refractivity (Wildman–Crippen MR) is 121 cm³/mol. The molecule has 1 aliphatic heterocycles. The standard InChI is InChI=1S/C20H21ClIN3O3S/c1-11-17(10-27-13(3)26)28-20(12(2)19(11)25-9-15(22)8-24-25)29-18-7-14(21)5-6-16(18)23-4/h5-9,11-12,17,19-20H,10H2,1-3H3/t11-,12?,17?,19-,20+/m0/s1. The Balaban J connectivity index is 1.92. The van der Waals surface area contributed by atoms with E-state index in [9.17, 15) is 4.79 Å². The number of hydrogen-bond acceptors (Lipinski definition) is 5. The van der Waals surface area contributed by atoms with Crippen molar-refractivity contribution in [3.8, 4) is 0 Å². The third kappa shape index (κ3) is 5.26. The number of benzene rings is 1. The van der Waals surface area contributed by atoms with Gasteiger partial charge in [0.2, 0.25) is 5.69 Å². The van der Waals surface area contributed by atoms with Crippen LogP contribution in [0.4, 0.5) is 5.69 Å². The Morgan fingerprint density at radius 3 is 2.83 bits per heavy atom. The lowest BCUT2D eigenvalue weighted by molar-refractivity contribution is -0.156. The Hall–Kier alpha value is -1.28. The third-order valence-electron chi connectivity index (χ3n) is 5.01. The lowest BCUT2D eigenvalue weighted by Gasteiger charge is -2.44. The maximum atomic E-state index is 11.4. The first-order valence-electron chi connectivity index (χ1n) is 9.12. The van der Waals surface area contributed by atoms with Gasteiger partial charge in [-0.05, 0) is 28.7 Å². The maximum Gasteiger partial charge on any atom is 0.302 e. The monoisotopic (exact) mass is 545 g/mol. The van der Waals surface area contributed by atoms with Crippen molar-refractivity contribution < 1.29 is 14.3 Å². The van der Waals surface area contributed by atoms with Gasteiger partial charge in [-0.15, -0.1) is 11.8 Å². The van der Waals surface area contributed by atoms with Crippen molar-refractivity contribution in [3.63, 3.8) is 0 Å². The molecule has 1 fully saturated rings. The Kier molecular flexibility index (Phi) is 7.48. The van der Waals surface area contributed by atoms with E-state index in [4.69, 9.17) is 27.6 Å². The van der Waals surface area contributed by atoms with Gasteiger partial charge in [0.25, 0.3) is 0 Å². The van der Waals surface area contributed by atoms with Crippen LogP contribution in [0.25, 0.3) is 4.85 Å². The van der Waals surface area contributed by atoms with Gasteiger partial charge in [0.15, 0.2) is 0 Å². The lowest BCUT2D eigenvalue weighted by Crippen LogP contribution is -2.47. The van der Waals surface area contributed by atoms with Crippen LogP contribution >= 0.6 is 46.0 Å². The van der Waals surface area contributed by atoms with Crippen LogP contribution in [0, 0.1) is 22.0 Å². The molecule has 0 radical (unpaired) electrons. The minimum Gasteiger partial charge on any atom is -0.463 e. The zero-order valence-electron chi connectivity index (χ0n) is 16.2. The molecule has 2 heterocycles. The molecular weight excluding hydrogens is 525 g/mol. The number of halogens is 2. The summed E-state index contributed by atoms with van der Waals surface area (Å²) in [4.78, 5) is 15.7. The summed E-state index contributed by atoms with van der Waals surface area (Å²) in [5.74, 6) is -0.160. The summed E-state index contributed by atoms with van der Waals surface area (Å²) >= 11 is 9.88. The van der Waals surface area contributed by atoms with Crippen molar-refractivity contribution in [2.75, 3.05) is 6.61 Å².